The van der Waals surface area contributed by atoms with Crippen LogP contribution >= 0.6 is 0 Å². The summed E-state index contributed by atoms with van der Waals surface area (Å²) in [7, 11) is 0. The molecule has 3 unspecified atom stereocenters. The van der Waals surface area contributed by atoms with Gasteiger partial charge in [-0.15, -0.1) is 0 Å². The maximum absolute atomic E-state index is 11.7. The summed E-state index contributed by atoms with van der Waals surface area (Å²) < 4.78 is 0. The molecule has 3 atom stereocenters. The second-order valence-corrected chi connectivity index (χ2v) is 13.7. The Morgan fingerprint density at radius 2 is 1.05 bits per heavy atom. The summed E-state index contributed by atoms with van der Waals surface area (Å²) in [6.45, 7) is 25.7. The lowest BCUT2D eigenvalue weighted by Gasteiger charge is -2.39. The lowest BCUT2D eigenvalue weighted by molar-refractivity contribution is -0.130. The molecule has 5 saturated heterocycles. The van der Waals surface area contributed by atoms with Crippen LogP contribution < -0.4 is 5.32 Å². The molecule has 8 nitrogen and oxygen atoms in total. The monoisotopic (exact) mass is 627 g/mol. The minimum Gasteiger partial charge on any atom is -0.338 e. The number of hydrogen-bond donors (Lipinski definition) is 1. The van der Waals surface area contributed by atoms with E-state index in [1.165, 1.54) is 58.3 Å². The molecule has 3 amide bonds. The predicted octanol–water partition coefficient (Wildman–Crippen LogP) is 7.04. The third kappa shape index (κ3) is 13.5. The Morgan fingerprint density at radius 3 is 1.41 bits per heavy atom. The zero-order valence-electron chi connectivity index (χ0n) is 27.0. The van der Waals surface area contributed by atoms with E-state index in [0.29, 0.717) is 30.1 Å². The zero-order valence-corrected chi connectivity index (χ0v) is 27.0. The van der Waals surface area contributed by atoms with Crippen LogP contribution in [0.2, 0.25) is 0 Å². The quantitative estimate of drug-likeness (QED) is 0.355. The summed E-state index contributed by atoms with van der Waals surface area (Å²) in [5.41, 5.74) is 0. The van der Waals surface area contributed by atoms with Crippen LogP contribution in [-0.2, 0) is 4.79 Å². The second-order valence-electron chi connectivity index (χ2n) is 13.7. The van der Waals surface area contributed by atoms with Gasteiger partial charge in [-0.25, -0.2) is 4.79 Å². The third-order valence-corrected chi connectivity index (χ3v) is 9.62. The van der Waals surface area contributed by atoms with Gasteiger partial charge in [-0.2, -0.15) is 0 Å². The summed E-state index contributed by atoms with van der Waals surface area (Å²) in [6, 6.07) is 3.03. The molecule has 5 aliphatic heterocycles. The molecule has 5 aliphatic rings. The van der Waals surface area contributed by atoms with Gasteiger partial charge >= 0.3 is 6.03 Å². The van der Waals surface area contributed by atoms with Crippen LogP contribution in [0.15, 0.2) is 0 Å². The molecule has 0 saturated carbocycles. The topological polar surface area (TPSA) is 62.4 Å². The Balaban J connectivity index is 0. The summed E-state index contributed by atoms with van der Waals surface area (Å²) in [4.78, 5) is 34.9. The van der Waals surface area contributed by atoms with Crippen molar-refractivity contribution in [2.45, 2.75) is 160 Å². The maximum atomic E-state index is 11.7. The van der Waals surface area contributed by atoms with E-state index in [2.05, 4.69) is 73.4 Å². The van der Waals surface area contributed by atoms with Gasteiger partial charge in [0.15, 0.2) is 0 Å². The van der Waals surface area contributed by atoms with E-state index in [-0.39, 0.29) is 35.7 Å². The average molecular weight is 627 g/mol. The van der Waals surface area contributed by atoms with Crippen molar-refractivity contribution >= 4 is 11.9 Å². The molecule has 0 aromatic rings. The fraction of sp³-hybridized carbons (Fsp3) is 0.944. The van der Waals surface area contributed by atoms with Gasteiger partial charge in [0.05, 0.1) is 0 Å². The van der Waals surface area contributed by atoms with E-state index in [4.69, 9.17) is 0 Å². The zero-order chi connectivity index (χ0) is 29.2. The Hall–Kier alpha value is -1.38. The van der Waals surface area contributed by atoms with Crippen LogP contribution in [-0.4, -0.2) is 126 Å². The fourth-order valence-corrected chi connectivity index (χ4v) is 7.00. The maximum Gasteiger partial charge on any atom is 0.317 e. The van der Waals surface area contributed by atoms with Crippen molar-refractivity contribution in [1.82, 2.24) is 29.8 Å². The molecule has 44 heavy (non-hydrogen) atoms. The van der Waals surface area contributed by atoms with Gasteiger partial charge < -0.3 is 20.0 Å². The Morgan fingerprint density at radius 1 is 0.591 bits per heavy atom. The number of hydrogen-bond acceptors (Lipinski definition) is 5. The lowest BCUT2D eigenvalue weighted by Crippen LogP contribution is -2.50. The Kier molecular flexibility index (Phi) is 22.6. The van der Waals surface area contributed by atoms with Gasteiger partial charge in [0, 0.05) is 75.9 Å². The van der Waals surface area contributed by atoms with Gasteiger partial charge in [-0.1, -0.05) is 36.6 Å². The first-order chi connectivity index (χ1) is 19.1. The van der Waals surface area contributed by atoms with Crippen molar-refractivity contribution in [3.63, 3.8) is 0 Å². The van der Waals surface area contributed by atoms with E-state index in [1.807, 2.05) is 4.90 Å². The molecule has 8 heteroatoms. The Labute approximate surface area is 275 Å². The molecule has 0 bridgehead atoms. The highest BCUT2D eigenvalue weighted by Crippen LogP contribution is 2.23. The van der Waals surface area contributed by atoms with E-state index in [0.717, 1.165) is 63.9 Å². The normalized spacial score (nSPS) is 26.4. The summed E-state index contributed by atoms with van der Waals surface area (Å²) in [5.74, 6) is 1.31. The molecule has 264 valence electrons. The molecular formula is C36H78N6O2. The standard InChI is InChI=1S/C12H22N2O.C11H21N3O.C9H19N.4CH4/c1-10(2)13-7-3-5-11(9-13)14-8-4-6-12(14)15;1-9(2)13-6-3-4-10(8-13)14-7-5-12-11(14)15;1-8(2)10-6-4-5-9(3)7-10;;;;/h10-11H,3-9H2,1-2H3;9-10H,3-8H2,1-2H3,(H,12,15);8-9H,4-7H2,1-3H3;4*1H4. The van der Waals surface area contributed by atoms with Crippen LogP contribution in [0.4, 0.5) is 4.79 Å². The van der Waals surface area contributed by atoms with Gasteiger partial charge in [-0.05, 0) is 112 Å². The number of carbonyl (C=O) groups is 2. The van der Waals surface area contributed by atoms with Crippen LogP contribution in [0.1, 0.15) is 130 Å². The molecule has 5 fully saturated rings. The first-order valence-electron chi connectivity index (χ1n) is 16.6. The van der Waals surface area contributed by atoms with Crippen molar-refractivity contribution in [3.05, 3.63) is 0 Å². The van der Waals surface area contributed by atoms with Crippen LogP contribution in [0, 0.1) is 5.92 Å². The molecule has 1 N–H and O–H groups in total. The minimum atomic E-state index is 0. The van der Waals surface area contributed by atoms with Crippen LogP contribution in [0.3, 0.4) is 0 Å². The number of nitrogens with zero attached hydrogens (tertiary/aromatic N) is 5. The van der Waals surface area contributed by atoms with Crippen molar-refractivity contribution in [3.8, 4) is 0 Å². The smallest absolute Gasteiger partial charge is 0.317 e. The summed E-state index contributed by atoms with van der Waals surface area (Å²) in [6.07, 6.45) is 9.50. The first-order valence-corrected chi connectivity index (χ1v) is 16.6. The number of urea groups is 1. The fourth-order valence-electron chi connectivity index (χ4n) is 7.00. The van der Waals surface area contributed by atoms with Gasteiger partial charge in [0.25, 0.3) is 0 Å². The molecule has 5 heterocycles. The third-order valence-electron chi connectivity index (χ3n) is 9.62. The van der Waals surface area contributed by atoms with Crippen molar-refractivity contribution < 1.29 is 9.59 Å². The Bertz CT molecular complexity index is 726. The van der Waals surface area contributed by atoms with Crippen molar-refractivity contribution in [1.29, 1.82) is 0 Å². The van der Waals surface area contributed by atoms with Crippen molar-refractivity contribution in [2.24, 2.45) is 5.92 Å². The van der Waals surface area contributed by atoms with Crippen molar-refractivity contribution in [2.75, 3.05) is 58.9 Å². The average Bonchev–Trinajstić information content (AvgIpc) is 3.57. The molecule has 5 rings (SSSR count). The van der Waals surface area contributed by atoms with Gasteiger partial charge in [0.2, 0.25) is 5.91 Å². The number of carbonyl (C=O) groups excluding carboxylic acids is 2. The second kappa shape index (κ2) is 22.2. The van der Waals surface area contributed by atoms with Crippen LogP contribution in [0.5, 0.6) is 0 Å². The number of likely N-dealkylation sites (tertiary alicyclic amines) is 4. The van der Waals surface area contributed by atoms with E-state index >= 15 is 0 Å². The molecule has 0 spiro atoms. The molecule has 0 radical (unpaired) electrons. The van der Waals surface area contributed by atoms with E-state index in [1.54, 1.807) is 0 Å². The first kappa shape index (κ1) is 44.7. The molecule has 0 aromatic heterocycles. The van der Waals surface area contributed by atoms with E-state index < -0.39 is 0 Å². The molecular weight excluding hydrogens is 548 g/mol. The number of amides is 3. The predicted molar refractivity (Wildman–Crippen MR) is 193 cm³/mol. The van der Waals surface area contributed by atoms with Gasteiger partial charge in [0.1, 0.15) is 0 Å². The lowest BCUT2D eigenvalue weighted by atomic mass is 9.99. The number of rotatable bonds is 5. The highest BCUT2D eigenvalue weighted by atomic mass is 16.2. The summed E-state index contributed by atoms with van der Waals surface area (Å²) in [5, 5.41) is 2.88. The van der Waals surface area contributed by atoms with Crippen LogP contribution in [0.25, 0.3) is 0 Å². The largest absolute Gasteiger partial charge is 0.338 e. The molecule has 0 aliphatic carbocycles. The highest BCUT2D eigenvalue weighted by molar-refractivity contribution is 5.78. The van der Waals surface area contributed by atoms with Gasteiger partial charge in [-0.3, -0.25) is 14.6 Å². The summed E-state index contributed by atoms with van der Waals surface area (Å²) >= 11 is 0. The molecule has 0 aromatic carbocycles. The minimum absolute atomic E-state index is 0. The number of piperidine rings is 3. The highest BCUT2D eigenvalue weighted by Gasteiger charge is 2.33. The SMILES string of the molecule is C.C.C.C.CC(C)N1CCCC(N2CCCC2=O)C1.CC(C)N1CCCC(N2CCNC2=O)C1.CC1CCCN(C(C)C)C1. The number of nitrogens with one attached hydrogen (secondary N) is 1. The van der Waals surface area contributed by atoms with E-state index in [9.17, 15) is 9.59 Å².